The molecule has 4 N–H and O–H groups in total. The van der Waals surface area contributed by atoms with Gasteiger partial charge in [0.25, 0.3) is 0 Å². The molecular formula is C11H17N3O2. The summed E-state index contributed by atoms with van der Waals surface area (Å²) in [6, 6.07) is 0.00558. The van der Waals surface area contributed by atoms with E-state index < -0.39 is 0 Å². The predicted molar refractivity (Wildman–Crippen MR) is 57.3 cm³/mol. The maximum absolute atomic E-state index is 12.1. The van der Waals surface area contributed by atoms with Crippen LogP contribution in [-0.2, 0) is 9.59 Å². The van der Waals surface area contributed by atoms with Gasteiger partial charge in [-0.05, 0) is 25.2 Å². The van der Waals surface area contributed by atoms with Gasteiger partial charge in [-0.1, -0.05) is 6.42 Å². The molecule has 0 aromatic carbocycles. The fraction of sp³-hybridized carbons (Fsp3) is 0.818. The fourth-order valence-corrected chi connectivity index (χ4v) is 3.75. The second-order valence-electron chi connectivity index (χ2n) is 5.31. The quantitative estimate of drug-likeness (QED) is 0.539. The van der Waals surface area contributed by atoms with E-state index in [2.05, 4.69) is 10.6 Å². The van der Waals surface area contributed by atoms with Gasteiger partial charge in [0, 0.05) is 12.6 Å². The van der Waals surface area contributed by atoms with Gasteiger partial charge >= 0.3 is 0 Å². The number of carbonyl (C=O) groups is 2. The van der Waals surface area contributed by atoms with Crippen LogP contribution in [0, 0.1) is 11.3 Å². The van der Waals surface area contributed by atoms with Crippen molar-refractivity contribution in [3.63, 3.8) is 0 Å². The maximum Gasteiger partial charge on any atom is 0.234 e. The summed E-state index contributed by atoms with van der Waals surface area (Å²) in [5.41, 5.74) is 4.94. The van der Waals surface area contributed by atoms with Gasteiger partial charge in [-0.15, -0.1) is 0 Å². The summed E-state index contributed by atoms with van der Waals surface area (Å²) in [4.78, 5) is 23.2. The Bertz CT molecular complexity index is 357. The molecule has 16 heavy (non-hydrogen) atoms. The Morgan fingerprint density at radius 3 is 2.94 bits per heavy atom. The minimum absolute atomic E-state index is 0.124. The lowest BCUT2D eigenvalue weighted by atomic mass is 9.74. The topological polar surface area (TPSA) is 84.2 Å². The molecule has 4 atom stereocenters. The Hall–Kier alpha value is -1.10. The molecule has 2 aliphatic heterocycles. The smallest absolute Gasteiger partial charge is 0.234 e. The van der Waals surface area contributed by atoms with E-state index in [9.17, 15) is 9.59 Å². The van der Waals surface area contributed by atoms with E-state index in [0.29, 0.717) is 24.9 Å². The first-order valence-corrected chi connectivity index (χ1v) is 5.97. The Balaban J connectivity index is 1.87. The highest BCUT2D eigenvalue weighted by Crippen LogP contribution is 2.49. The zero-order valence-corrected chi connectivity index (χ0v) is 9.16. The number of hydrogen-bond donors (Lipinski definition) is 3. The largest absolute Gasteiger partial charge is 0.368 e. The average Bonchev–Trinajstić information content (AvgIpc) is 2.86. The Morgan fingerprint density at radius 1 is 1.44 bits per heavy atom. The number of amides is 2. The molecule has 0 radical (unpaired) electrons. The lowest BCUT2D eigenvalue weighted by molar-refractivity contribution is -0.128. The van der Waals surface area contributed by atoms with Crippen LogP contribution >= 0.6 is 0 Å². The van der Waals surface area contributed by atoms with Gasteiger partial charge in [0.15, 0.2) is 0 Å². The van der Waals surface area contributed by atoms with Gasteiger partial charge in [-0.3, -0.25) is 9.59 Å². The molecule has 1 aliphatic carbocycles. The Kier molecular flexibility index (Phi) is 2.01. The molecule has 0 aromatic rings. The van der Waals surface area contributed by atoms with Gasteiger partial charge in [0.1, 0.15) is 0 Å². The van der Waals surface area contributed by atoms with E-state index in [1.165, 1.54) is 6.42 Å². The second kappa shape index (κ2) is 3.20. The molecule has 2 saturated heterocycles. The highest BCUT2D eigenvalue weighted by molar-refractivity contribution is 5.89. The van der Waals surface area contributed by atoms with Crippen LogP contribution in [0.15, 0.2) is 0 Å². The number of rotatable bonds is 1. The van der Waals surface area contributed by atoms with Crippen LogP contribution in [0.2, 0.25) is 0 Å². The minimum Gasteiger partial charge on any atom is -0.368 e. The van der Waals surface area contributed by atoms with Crippen LogP contribution in [0.5, 0.6) is 0 Å². The van der Waals surface area contributed by atoms with Gasteiger partial charge < -0.3 is 16.4 Å². The number of fused-ring (bicyclic) bond motifs is 2. The van der Waals surface area contributed by atoms with E-state index >= 15 is 0 Å². The van der Waals surface area contributed by atoms with Crippen molar-refractivity contribution in [2.24, 2.45) is 17.1 Å². The maximum atomic E-state index is 12.1. The summed E-state index contributed by atoms with van der Waals surface area (Å²) >= 11 is 0. The molecule has 5 heteroatoms. The standard InChI is InChI=1S/C11H17N3O2/c12-9(15)8-4-11(5-13-8)6-2-1-3-7(6)14-10(11)16/h6-8,13H,1-5H2,(H2,12,15)(H,14,16). The molecule has 3 fully saturated rings. The lowest BCUT2D eigenvalue weighted by Crippen LogP contribution is -2.37. The SMILES string of the molecule is NC(=O)C1CC2(CN1)C(=O)NC1CCCC12. The zero-order chi connectivity index (χ0) is 11.3. The van der Waals surface area contributed by atoms with E-state index in [0.717, 1.165) is 12.8 Å². The molecule has 1 spiro atoms. The first-order chi connectivity index (χ1) is 7.63. The van der Waals surface area contributed by atoms with Crippen molar-refractivity contribution < 1.29 is 9.59 Å². The molecular weight excluding hydrogens is 206 g/mol. The molecule has 1 saturated carbocycles. The number of primary amides is 1. The fourth-order valence-electron chi connectivity index (χ4n) is 3.75. The summed E-state index contributed by atoms with van der Waals surface area (Å²) in [6.45, 7) is 0.605. The van der Waals surface area contributed by atoms with Gasteiger partial charge in [-0.2, -0.15) is 0 Å². The van der Waals surface area contributed by atoms with Crippen molar-refractivity contribution in [1.82, 2.24) is 10.6 Å². The normalized spacial score (nSPS) is 46.0. The molecule has 2 amide bonds. The van der Waals surface area contributed by atoms with Crippen molar-refractivity contribution in [3.8, 4) is 0 Å². The van der Waals surface area contributed by atoms with Crippen LogP contribution in [0.4, 0.5) is 0 Å². The van der Waals surface area contributed by atoms with Crippen LogP contribution in [0.3, 0.4) is 0 Å². The third kappa shape index (κ3) is 1.15. The summed E-state index contributed by atoms with van der Waals surface area (Å²) in [7, 11) is 0. The van der Waals surface area contributed by atoms with Crippen molar-refractivity contribution in [3.05, 3.63) is 0 Å². The second-order valence-corrected chi connectivity index (χ2v) is 5.31. The Morgan fingerprint density at radius 2 is 2.25 bits per heavy atom. The van der Waals surface area contributed by atoms with Crippen LogP contribution < -0.4 is 16.4 Å². The Labute approximate surface area is 94.1 Å². The van der Waals surface area contributed by atoms with E-state index in [4.69, 9.17) is 5.73 Å². The molecule has 88 valence electrons. The van der Waals surface area contributed by atoms with Gasteiger partial charge in [0.2, 0.25) is 11.8 Å². The van der Waals surface area contributed by atoms with E-state index in [1.54, 1.807) is 0 Å². The molecule has 3 rings (SSSR count). The first-order valence-electron chi connectivity index (χ1n) is 5.97. The highest BCUT2D eigenvalue weighted by Gasteiger charge is 2.59. The zero-order valence-electron chi connectivity index (χ0n) is 9.16. The summed E-state index contributed by atoms with van der Waals surface area (Å²) in [6.07, 6.45) is 3.93. The van der Waals surface area contributed by atoms with Crippen LogP contribution in [0.1, 0.15) is 25.7 Å². The lowest BCUT2D eigenvalue weighted by Gasteiger charge is -2.25. The highest BCUT2D eigenvalue weighted by atomic mass is 16.2. The molecule has 0 aromatic heterocycles. The van der Waals surface area contributed by atoms with E-state index in [-0.39, 0.29) is 23.3 Å². The van der Waals surface area contributed by atoms with Crippen molar-refractivity contribution >= 4 is 11.8 Å². The van der Waals surface area contributed by atoms with Crippen molar-refractivity contribution in [1.29, 1.82) is 0 Å². The third-order valence-corrected chi connectivity index (χ3v) is 4.57. The van der Waals surface area contributed by atoms with Crippen LogP contribution in [0.25, 0.3) is 0 Å². The molecule has 0 bridgehead atoms. The predicted octanol–water partition coefficient (Wildman–Crippen LogP) is -0.881. The molecule has 3 aliphatic rings. The number of hydrogen-bond acceptors (Lipinski definition) is 3. The van der Waals surface area contributed by atoms with Gasteiger partial charge in [-0.25, -0.2) is 0 Å². The summed E-state index contributed by atoms with van der Waals surface area (Å²) in [5, 5.41) is 6.17. The van der Waals surface area contributed by atoms with E-state index in [1.807, 2.05) is 0 Å². The number of nitrogens with one attached hydrogen (secondary N) is 2. The average molecular weight is 223 g/mol. The summed E-state index contributed by atoms with van der Waals surface area (Å²) in [5.74, 6) is 0.182. The minimum atomic E-state index is -0.360. The summed E-state index contributed by atoms with van der Waals surface area (Å²) < 4.78 is 0. The molecule has 2 heterocycles. The number of nitrogens with two attached hydrogens (primary N) is 1. The molecule has 5 nitrogen and oxygen atoms in total. The number of carbonyl (C=O) groups excluding carboxylic acids is 2. The molecule has 4 unspecified atom stereocenters. The monoisotopic (exact) mass is 223 g/mol. The van der Waals surface area contributed by atoms with Crippen LogP contribution in [-0.4, -0.2) is 30.4 Å². The van der Waals surface area contributed by atoms with Crippen molar-refractivity contribution in [2.45, 2.75) is 37.8 Å². The first kappa shape index (κ1) is 10.1. The van der Waals surface area contributed by atoms with Gasteiger partial charge in [0.05, 0.1) is 11.5 Å². The third-order valence-electron chi connectivity index (χ3n) is 4.57. The van der Waals surface area contributed by atoms with Crippen molar-refractivity contribution in [2.75, 3.05) is 6.54 Å².